The Hall–Kier alpha value is -4.06. The molecule has 2 aromatic rings. The number of methoxy groups -OCH3 is 1. The summed E-state index contributed by atoms with van der Waals surface area (Å²) in [6, 6.07) is 5.41. The van der Waals surface area contributed by atoms with E-state index >= 15 is 0 Å². The Kier molecular flexibility index (Phi) is 8.54. The first-order valence-corrected chi connectivity index (χ1v) is 10.9. The van der Waals surface area contributed by atoms with Gasteiger partial charge in [-0.05, 0) is 37.1 Å². The lowest BCUT2D eigenvalue weighted by atomic mass is 10.0. The predicted molar refractivity (Wildman–Crippen MR) is 126 cm³/mol. The van der Waals surface area contributed by atoms with Crippen LogP contribution < -0.4 is 27.3 Å². The third-order valence-corrected chi connectivity index (χ3v) is 5.58. The fourth-order valence-corrected chi connectivity index (χ4v) is 3.67. The molecular formula is C24H26F3N5O4. The van der Waals surface area contributed by atoms with E-state index in [2.05, 4.69) is 10.3 Å². The first kappa shape index (κ1) is 26.5. The molecule has 0 aromatic heterocycles. The summed E-state index contributed by atoms with van der Waals surface area (Å²) < 4.78 is 53.6. The van der Waals surface area contributed by atoms with Crippen molar-refractivity contribution in [3.8, 4) is 5.75 Å². The minimum Gasteiger partial charge on any atom is -0.496 e. The number of benzene rings is 2. The molecule has 12 heteroatoms. The molecule has 2 aromatic carbocycles. The van der Waals surface area contributed by atoms with E-state index in [0.717, 1.165) is 18.2 Å². The molecule has 1 aliphatic heterocycles. The number of amides is 2. The molecule has 1 saturated heterocycles. The van der Waals surface area contributed by atoms with E-state index in [0.29, 0.717) is 26.1 Å². The molecule has 0 atom stereocenters. The molecule has 0 unspecified atom stereocenters. The van der Waals surface area contributed by atoms with Gasteiger partial charge in [0, 0.05) is 30.9 Å². The maximum absolute atomic E-state index is 15.0. The minimum absolute atomic E-state index is 0.104. The van der Waals surface area contributed by atoms with Crippen LogP contribution in [0.1, 0.15) is 34.3 Å². The number of nitrogens with two attached hydrogens (primary N) is 3. The highest BCUT2D eigenvalue weighted by Gasteiger charge is 2.23. The molecule has 3 rings (SSSR count). The fraction of sp³-hybridized carbons (Fsp3) is 0.292. The van der Waals surface area contributed by atoms with Gasteiger partial charge in [-0.2, -0.15) is 0 Å². The van der Waals surface area contributed by atoms with Crippen LogP contribution >= 0.6 is 0 Å². The van der Waals surface area contributed by atoms with Crippen LogP contribution in [-0.4, -0.2) is 44.0 Å². The van der Waals surface area contributed by atoms with Crippen LogP contribution in [0.15, 0.2) is 40.9 Å². The number of ether oxygens (including phenoxy) is 2. The van der Waals surface area contributed by atoms with Gasteiger partial charge >= 0.3 is 0 Å². The molecule has 0 bridgehead atoms. The molecule has 36 heavy (non-hydrogen) atoms. The number of rotatable bonds is 8. The maximum Gasteiger partial charge on any atom is 0.255 e. The average molecular weight is 505 g/mol. The van der Waals surface area contributed by atoms with E-state index in [9.17, 15) is 22.8 Å². The number of carbonyl (C=O) groups excluding carboxylic acids is 2. The zero-order valence-corrected chi connectivity index (χ0v) is 19.4. The molecule has 0 radical (unpaired) electrons. The van der Waals surface area contributed by atoms with Gasteiger partial charge in [0.1, 0.15) is 23.0 Å². The zero-order valence-electron chi connectivity index (χ0n) is 19.4. The van der Waals surface area contributed by atoms with Gasteiger partial charge in [0.2, 0.25) is 0 Å². The number of aliphatic imine (C=N–C) groups is 1. The number of hydrogen-bond donors (Lipinski definition) is 4. The summed E-state index contributed by atoms with van der Waals surface area (Å²) in [7, 11) is 1.30. The molecule has 192 valence electrons. The molecule has 1 heterocycles. The third kappa shape index (κ3) is 5.95. The van der Waals surface area contributed by atoms with Crippen LogP contribution in [0.3, 0.4) is 0 Å². The van der Waals surface area contributed by atoms with Crippen molar-refractivity contribution in [2.75, 3.05) is 20.3 Å². The van der Waals surface area contributed by atoms with Crippen molar-refractivity contribution < 1.29 is 32.2 Å². The van der Waals surface area contributed by atoms with Crippen LogP contribution in [-0.2, 0) is 16.1 Å². The van der Waals surface area contributed by atoms with Crippen molar-refractivity contribution in [1.82, 2.24) is 5.32 Å². The molecule has 0 saturated carbocycles. The van der Waals surface area contributed by atoms with Crippen molar-refractivity contribution in [2.24, 2.45) is 22.2 Å². The zero-order chi connectivity index (χ0) is 26.4. The summed E-state index contributed by atoms with van der Waals surface area (Å²) >= 11 is 0. The van der Waals surface area contributed by atoms with Crippen LogP contribution in [0.25, 0.3) is 5.70 Å². The Balaban J connectivity index is 1.86. The van der Waals surface area contributed by atoms with E-state index in [1.54, 1.807) is 0 Å². The summed E-state index contributed by atoms with van der Waals surface area (Å²) in [5.74, 6) is -5.36. The number of nitrogens with zero attached hydrogens (tertiary/aromatic N) is 1. The van der Waals surface area contributed by atoms with Crippen molar-refractivity contribution in [3.63, 3.8) is 0 Å². The Bertz CT molecular complexity index is 1230. The standard InChI is InChI=1S/C24H26F3N5O4/c1-35-17-5-3-13(25)10-16(17)24(34)31-11-12-2-4-15(20(27)19(12)26)21(28)18(23(30)33)22(29)32-14-6-8-36-9-7-14/h2-5,10,14H,6-9,11,28H2,1H3,(H2,29,32)(H2,30,33)(H,31,34). The number of carbonyl (C=O) groups is 2. The lowest BCUT2D eigenvalue weighted by Crippen LogP contribution is -2.32. The highest BCUT2D eigenvalue weighted by molar-refractivity contribution is 6.24. The number of primary amides is 1. The van der Waals surface area contributed by atoms with E-state index in [-0.39, 0.29) is 28.8 Å². The van der Waals surface area contributed by atoms with Crippen molar-refractivity contribution in [2.45, 2.75) is 25.4 Å². The van der Waals surface area contributed by atoms with E-state index in [1.807, 2.05) is 0 Å². The maximum atomic E-state index is 15.0. The van der Waals surface area contributed by atoms with E-state index < -0.39 is 52.6 Å². The highest BCUT2D eigenvalue weighted by atomic mass is 19.2. The summed E-state index contributed by atoms with van der Waals surface area (Å²) in [6.45, 7) is 0.508. The summed E-state index contributed by atoms with van der Waals surface area (Å²) in [6.07, 6.45) is 1.13. The smallest absolute Gasteiger partial charge is 0.255 e. The second-order valence-electron chi connectivity index (χ2n) is 7.94. The lowest BCUT2D eigenvalue weighted by Gasteiger charge is -2.19. The topological polar surface area (TPSA) is 155 Å². The Morgan fingerprint density at radius 3 is 2.39 bits per heavy atom. The van der Waals surface area contributed by atoms with Crippen molar-refractivity contribution in [3.05, 3.63) is 70.0 Å². The number of amidine groups is 1. The van der Waals surface area contributed by atoms with Gasteiger partial charge in [-0.25, -0.2) is 13.2 Å². The van der Waals surface area contributed by atoms with Crippen molar-refractivity contribution >= 4 is 23.3 Å². The molecule has 7 N–H and O–H groups in total. The van der Waals surface area contributed by atoms with Crippen LogP contribution in [0, 0.1) is 17.5 Å². The van der Waals surface area contributed by atoms with Gasteiger partial charge in [0.15, 0.2) is 11.6 Å². The Morgan fingerprint density at radius 2 is 1.75 bits per heavy atom. The summed E-state index contributed by atoms with van der Waals surface area (Å²) in [5, 5.41) is 2.38. The molecule has 1 aliphatic rings. The molecule has 9 nitrogen and oxygen atoms in total. The predicted octanol–water partition coefficient (Wildman–Crippen LogP) is 1.73. The molecule has 1 fully saturated rings. The van der Waals surface area contributed by atoms with E-state index in [1.165, 1.54) is 19.2 Å². The lowest BCUT2D eigenvalue weighted by molar-refractivity contribution is -0.114. The number of nitrogens with one attached hydrogen (secondary N) is 1. The monoisotopic (exact) mass is 505 g/mol. The number of hydrogen-bond acceptors (Lipinski definition) is 6. The third-order valence-electron chi connectivity index (χ3n) is 5.58. The van der Waals surface area contributed by atoms with Crippen LogP contribution in [0.5, 0.6) is 5.75 Å². The Labute approximate surface area is 205 Å². The first-order valence-electron chi connectivity index (χ1n) is 10.9. The average Bonchev–Trinajstić information content (AvgIpc) is 2.85. The molecule has 0 aliphatic carbocycles. The van der Waals surface area contributed by atoms with Crippen LogP contribution in [0.4, 0.5) is 13.2 Å². The van der Waals surface area contributed by atoms with Gasteiger partial charge in [-0.1, -0.05) is 6.07 Å². The first-order chi connectivity index (χ1) is 17.1. The van der Waals surface area contributed by atoms with E-state index in [4.69, 9.17) is 26.7 Å². The van der Waals surface area contributed by atoms with Gasteiger partial charge in [-0.3, -0.25) is 14.6 Å². The molecule has 0 spiro atoms. The van der Waals surface area contributed by atoms with Gasteiger partial charge < -0.3 is 32.0 Å². The summed E-state index contributed by atoms with van der Waals surface area (Å²) in [5.41, 5.74) is 15.6. The fourth-order valence-electron chi connectivity index (χ4n) is 3.67. The van der Waals surface area contributed by atoms with Gasteiger partial charge in [-0.15, -0.1) is 0 Å². The molecular weight excluding hydrogens is 479 g/mol. The Morgan fingerprint density at radius 1 is 1.06 bits per heavy atom. The van der Waals surface area contributed by atoms with Crippen LogP contribution in [0.2, 0.25) is 0 Å². The minimum atomic E-state index is -1.37. The largest absolute Gasteiger partial charge is 0.496 e. The molecule has 2 amide bonds. The highest BCUT2D eigenvalue weighted by Crippen LogP contribution is 2.24. The quantitative estimate of drug-likeness (QED) is 0.243. The SMILES string of the molecule is COc1ccc(F)cc1C(=O)NCc1ccc(C(N)=C(C(N)=O)C(N)=NC2CCOCC2)c(F)c1F. The van der Waals surface area contributed by atoms with Crippen molar-refractivity contribution in [1.29, 1.82) is 0 Å². The number of halogens is 3. The van der Waals surface area contributed by atoms with Gasteiger partial charge in [0.05, 0.1) is 24.4 Å². The van der Waals surface area contributed by atoms with Gasteiger partial charge in [0.25, 0.3) is 11.8 Å². The summed E-state index contributed by atoms with van der Waals surface area (Å²) in [4.78, 5) is 28.7. The normalized spacial score (nSPS) is 15.3. The second kappa shape index (κ2) is 11.6. The second-order valence-corrected chi connectivity index (χ2v) is 7.94.